The second kappa shape index (κ2) is 1.69. The molecule has 0 saturated heterocycles. The summed E-state index contributed by atoms with van der Waals surface area (Å²) in [5.74, 6) is 0. The quantitative estimate of drug-likeness (QED) is 0.418. The zero-order chi connectivity index (χ0) is 6.04. The van der Waals surface area contributed by atoms with Gasteiger partial charge in [0.25, 0.3) is 0 Å². The lowest BCUT2D eigenvalue weighted by atomic mass is 9.82. The molecule has 0 fully saturated rings. The number of allylic oxidation sites excluding steroid dienone is 2. The molecule has 0 bridgehead atoms. The fraction of sp³-hybridized carbons (Fsp3) is 0.333. The Balaban J connectivity index is 2.65. The van der Waals surface area contributed by atoms with Crippen molar-refractivity contribution in [2.24, 2.45) is 0 Å². The van der Waals surface area contributed by atoms with E-state index < -0.39 is 5.50 Å². The highest BCUT2D eigenvalue weighted by Crippen LogP contribution is 2.10. The van der Waals surface area contributed by atoms with Crippen LogP contribution in [0.2, 0.25) is 0 Å². The maximum absolute atomic E-state index is 5.52. The molecule has 1 aliphatic rings. The van der Waals surface area contributed by atoms with Gasteiger partial charge in [0.15, 0.2) is 0 Å². The van der Waals surface area contributed by atoms with Crippen molar-refractivity contribution >= 4 is 7.85 Å². The molecule has 0 saturated carbocycles. The summed E-state index contributed by atoms with van der Waals surface area (Å²) in [7, 11) is 5.52. The fourth-order valence-electron chi connectivity index (χ4n) is 0.517. The average molecular weight is 106 g/mol. The lowest BCUT2D eigenvalue weighted by Gasteiger charge is -2.22. The van der Waals surface area contributed by atoms with Crippen molar-refractivity contribution in [1.82, 2.24) is 0 Å². The molecule has 0 spiro atoms. The summed E-state index contributed by atoms with van der Waals surface area (Å²) in [5.41, 5.74) is -0.589. The third-order valence-corrected chi connectivity index (χ3v) is 0.939. The molecule has 1 unspecified atom stereocenters. The topological polar surface area (TPSA) is 9.23 Å². The van der Waals surface area contributed by atoms with Crippen LogP contribution in [0.3, 0.4) is 0 Å². The number of ether oxygens (including phenoxy) is 1. The van der Waals surface area contributed by atoms with E-state index in [1.54, 1.807) is 25.3 Å². The molecule has 0 N–H and O–H groups in total. The first-order valence-corrected chi connectivity index (χ1v) is 2.52. The Labute approximate surface area is 50.4 Å². The molecule has 1 atom stereocenters. The van der Waals surface area contributed by atoms with Crippen LogP contribution in [-0.2, 0) is 4.74 Å². The van der Waals surface area contributed by atoms with Crippen LogP contribution >= 0.6 is 0 Å². The van der Waals surface area contributed by atoms with Crippen LogP contribution < -0.4 is 0 Å². The third kappa shape index (κ3) is 1.16. The van der Waals surface area contributed by atoms with Gasteiger partial charge in [0, 0.05) is 0 Å². The maximum Gasteiger partial charge on any atom is 0.137 e. The van der Waals surface area contributed by atoms with Crippen molar-refractivity contribution in [1.29, 1.82) is 0 Å². The van der Waals surface area contributed by atoms with Crippen molar-refractivity contribution in [2.75, 3.05) is 0 Å². The first kappa shape index (κ1) is 5.48. The number of rotatable bonds is 0. The molecule has 0 aliphatic carbocycles. The van der Waals surface area contributed by atoms with Crippen LogP contribution in [0.15, 0.2) is 24.5 Å². The molecule has 40 valence electrons. The molecule has 0 aromatic rings. The van der Waals surface area contributed by atoms with Crippen molar-refractivity contribution < 1.29 is 4.74 Å². The van der Waals surface area contributed by atoms with Crippen molar-refractivity contribution in [3.8, 4) is 0 Å². The highest BCUT2D eigenvalue weighted by molar-refractivity contribution is 6.15. The molecular formula is C6H7BO. The monoisotopic (exact) mass is 106 g/mol. The minimum absolute atomic E-state index is 0.589. The molecule has 8 heavy (non-hydrogen) atoms. The van der Waals surface area contributed by atoms with Gasteiger partial charge in [-0.15, -0.1) is 0 Å². The van der Waals surface area contributed by atoms with Crippen LogP contribution in [0.4, 0.5) is 0 Å². The van der Waals surface area contributed by atoms with Gasteiger partial charge in [0.1, 0.15) is 7.85 Å². The van der Waals surface area contributed by atoms with E-state index in [0.29, 0.717) is 0 Å². The minimum Gasteiger partial charge on any atom is -0.501 e. The van der Waals surface area contributed by atoms with E-state index in [-0.39, 0.29) is 0 Å². The van der Waals surface area contributed by atoms with Crippen molar-refractivity contribution in [3.63, 3.8) is 0 Å². The third-order valence-electron chi connectivity index (χ3n) is 0.939. The van der Waals surface area contributed by atoms with E-state index in [0.717, 1.165) is 0 Å². The fourth-order valence-corrected chi connectivity index (χ4v) is 0.517. The lowest BCUT2D eigenvalue weighted by Crippen LogP contribution is -2.24. The Morgan fingerprint density at radius 2 is 2.25 bits per heavy atom. The molecule has 1 rings (SSSR count). The summed E-state index contributed by atoms with van der Waals surface area (Å²) < 4.78 is 4.98. The Kier molecular flexibility index (Phi) is 1.16. The predicted octanol–water partition coefficient (Wildman–Crippen LogP) is 0.971. The van der Waals surface area contributed by atoms with Gasteiger partial charge in [-0.3, -0.25) is 0 Å². The Hall–Kier alpha value is -0.655. The maximum atomic E-state index is 5.52. The SMILES string of the molecule is [B]C1(C)C=CC=CO1. The molecule has 1 nitrogen and oxygen atoms in total. The molecule has 0 amide bonds. The summed E-state index contributed by atoms with van der Waals surface area (Å²) in [5, 5.41) is 0. The highest BCUT2D eigenvalue weighted by Gasteiger charge is 2.12. The van der Waals surface area contributed by atoms with E-state index in [9.17, 15) is 0 Å². The largest absolute Gasteiger partial charge is 0.501 e. The first-order chi connectivity index (χ1) is 3.71. The van der Waals surface area contributed by atoms with Gasteiger partial charge in [-0.25, -0.2) is 0 Å². The van der Waals surface area contributed by atoms with E-state index >= 15 is 0 Å². The summed E-state index contributed by atoms with van der Waals surface area (Å²) >= 11 is 0. The summed E-state index contributed by atoms with van der Waals surface area (Å²) in [4.78, 5) is 0. The molecule has 1 heterocycles. The van der Waals surface area contributed by atoms with Crippen molar-refractivity contribution in [2.45, 2.75) is 12.4 Å². The lowest BCUT2D eigenvalue weighted by molar-refractivity contribution is 0.161. The van der Waals surface area contributed by atoms with Gasteiger partial charge >= 0.3 is 0 Å². The summed E-state index contributed by atoms with van der Waals surface area (Å²) in [6.07, 6.45) is 7.05. The van der Waals surface area contributed by atoms with E-state index in [1.165, 1.54) is 0 Å². The van der Waals surface area contributed by atoms with Crippen LogP contribution in [0, 0.1) is 0 Å². The molecule has 2 heteroatoms. The van der Waals surface area contributed by atoms with Gasteiger partial charge < -0.3 is 4.74 Å². The second-order valence-electron chi connectivity index (χ2n) is 1.99. The highest BCUT2D eigenvalue weighted by atomic mass is 16.5. The smallest absolute Gasteiger partial charge is 0.137 e. The average Bonchev–Trinajstić information content (AvgIpc) is 1.65. The first-order valence-electron chi connectivity index (χ1n) is 2.52. The molecule has 1 aliphatic heterocycles. The summed E-state index contributed by atoms with van der Waals surface area (Å²) in [6, 6.07) is 0. The number of hydrogen-bond donors (Lipinski definition) is 0. The van der Waals surface area contributed by atoms with E-state index in [2.05, 4.69) is 0 Å². The zero-order valence-electron chi connectivity index (χ0n) is 4.79. The standard InChI is InChI=1S/C6H7BO/c1-6(7)4-2-3-5-8-6/h2-5H,1H3. The van der Waals surface area contributed by atoms with Crippen LogP contribution in [-0.4, -0.2) is 13.3 Å². The second-order valence-corrected chi connectivity index (χ2v) is 1.99. The van der Waals surface area contributed by atoms with Gasteiger partial charge in [0.05, 0.1) is 11.8 Å². The van der Waals surface area contributed by atoms with Gasteiger partial charge in [-0.1, -0.05) is 12.2 Å². The van der Waals surface area contributed by atoms with Crippen LogP contribution in [0.5, 0.6) is 0 Å². The Morgan fingerprint density at radius 3 is 2.50 bits per heavy atom. The molecular weight excluding hydrogens is 98.9 g/mol. The van der Waals surface area contributed by atoms with E-state index in [4.69, 9.17) is 12.6 Å². The van der Waals surface area contributed by atoms with Crippen molar-refractivity contribution in [3.05, 3.63) is 24.5 Å². The minimum atomic E-state index is -0.589. The van der Waals surface area contributed by atoms with E-state index in [1.807, 2.05) is 6.08 Å². The molecule has 0 aromatic carbocycles. The van der Waals surface area contributed by atoms with Crippen LogP contribution in [0.1, 0.15) is 6.92 Å². The Morgan fingerprint density at radius 1 is 1.50 bits per heavy atom. The van der Waals surface area contributed by atoms with Gasteiger partial charge in [0.2, 0.25) is 0 Å². The molecule has 0 aromatic heterocycles. The predicted molar refractivity (Wildman–Crippen MR) is 33.5 cm³/mol. The zero-order valence-corrected chi connectivity index (χ0v) is 4.79. The summed E-state index contributed by atoms with van der Waals surface area (Å²) in [6.45, 7) is 1.80. The normalized spacial score (nSPS) is 34.6. The molecule has 2 radical (unpaired) electrons. The van der Waals surface area contributed by atoms with Gasteiger partial charge in [-0.2, -0.15) is 0 Å². The Bertz CT molecular complexity index is 135. The number of hydrogen-bond acceptors (Lipinski definition) is 1. The van der Waals surface area contributed by atoms with Crippen LogP contribution in [0.25, 0.3) is 0 Å². The van der Waals surface area contributed by atoms with Gasteiger partial charge in [-0.05, 0) is 13.0 Å².